The molecule has 19 heavy (non-hydrogen) atoms. The highest BCUT2D eigenvalue weighted by Gasteiger charge is 2.38. The smallest absolute Gasteiger partial charge is 0.223 e. The molecule has 1 amide bonds. The fraction of sp³-hybridized carbons (Fsp3) is 0.714. The van der Waals surface area contributed by atoms with E-state index in [0.29, 0.717) is 12.5 Å². The second-order valence-electron chi connectivity index (χ2n) is 5.86. The largest absolute Gasteiger partial charge is 0.330 e. The Hall–Kier alpha value is -1.36. The molecule has 0 aromatic carbocycles. The summed E-state index contributed by atoms with van der Waals surface area (Å²) in [5.41, 5.74) is 7.34. The number of nitrogens with two attached hydrogens (primary N) is 1. The van der Waals surface area contributed by atoms with Crippen molar-refractivity contribution in [3.63, 3.8) is 0 Å². The number of nitrogens with zero attached hydrogens (tertiary/aromatic N) is 3. The summed E-state index contributed by atoms with van der Waals surface area (Å²) >= 11 is 0. The molecular weight excluding hydrogens is 240 g/mol. The third-order valence-electron chi connectivity index (χ3n) is 3.80. The van der Waals surface area contributed by atoms with Crippen LogP contribution in [-0.2, 0) is 4.79 Å². The third-order valence-corrected chi connectivity index (χ3v) is 3.80. The van der Waals surface area contributed by atoms with Crippen molar-refractivity contribution < 1.29 is 4.79 Å². The van der Waals surface area contributed by atoms with Gasteiger partial charge in [-0.25, -0.2) is 4.98 Å². The van der Waals surface area contributed by atoms with Crippen LogP contribution in [0.25, 0.3) is 0 Å². The van der Waals surface area contributed by atoms with Gasteiger partial charge in [0.2, 0.25) is 5.91 Å². The van der Waals surface area contributed by atoms with E-state index in [1.54, 1.807) is 0 Å². The van der Waals surface area contributed by atoms with Crippen molar-refractivity contribution in [2.75, 3.05) is 0 Å². The van der Waals surface area contributed by atoms with E-state index in [9.17, 15) is 4.79 Å². The maximum Gasteiger partial charge on any atom is 0.223 e. The Balaban J connectivity index is 2.42. The van der Waals surface area contributed by atoms with Crippen molar-refractivity contribution in [2.45, 2.75) is 64.7 Å². The summed E-state index contributed by atoms with van der Waals surface area (Å²) in [4.78, 5) is 18.4. The first kappa shape index (κ1) is 14.1. The van der Waals surface area contributed by atoms with E-state index in [1.165, 1.54) is 0 Å². The molecule has 2 atom stereocenters. The minimum absolute atomic E-state index is 0.0192. The van der Waals surface area contributed by atoms with Crippen LogP contribution in [0.1, 0.15) is 58.3 Å². The minimum Gasteiger partial charge on any atom is -0.330 e. The molecule has 1 aromatic rings. The van der Waals surface area contributed by atoms with Gasteiger partial charge in [0.1, 0.15) is 0 Å². The second-order valence-corrected chi connectivity index (χ2v) is 5.86. The van der Waals surface area contributed by atoms with Gasteiger partial charge < -0.3 is 15.2 Å². The van der Waals surface area contributed by atoms with Crippen LogP contribution >= 0.6 is 0 Å². The summed E-state index contributed by atoms with van der Waals surface area (Å²) < 4.78 is 2.11. The Morgan fingerprint density at radius 1 is 1.32 bits per heavy atom. The van der Waals surface area contributed by atoms with E-state index in [4.69, 9.17) is 5.73 Å². The van der Waals surface area contributed by atoms with Crippen LogP contribution in [0.4, 0.5) is 0 Å². The van der Waals surface area contributed by atoms with Crippen molar-refractivity contribution >= 4 is 5.91 Å². The first-order valence-corrected chi connectivity index (χ1v) is 7.02. The molecule has 1 aliphatic rings. The zero-order chi connectivity index (χ0) is 14.2. The monoisotopic (exact) mass is 264 g/mol. The molecule has 0 spiro atoms. The number of imidazole rings is 1. The van der Waals surface area contributed by atoms with Crippen molar-refractivity contribution in [1.82, 2.24) is 14.5 Å². The molecule has 1 aromatic heterocycles. The first-order chi connectivity index (χ1) is 8.93. The molecular formula is C14H24N4O. The number of hydrogen-bond donors (Lipinski definition) is 1. The number of likely N-dealkylation sites (tertiary alicyclic amines) is 1. The molecule has 5 nitrogen and oxygen atoms in total. The summed E-state index contributed by atoms with van der Waals surface area (Å²) in [6.45, 7) is 8.31. The number of hydrogen-bond acceptors (Lipinski definition) is 3. The SMILES string of the molecule is CC(C)N1C(=O)CCC(N)C1c1cncn1C(C)C. The van der Waals surface area contributed by atoms with Gasteiger partial charge in [-0.2, -0.15) is 0 Å². The maximum atomic E-state index is 12.2. The number of aromatic nitrogens is 2. The number of piperidine rings is 1. The topological polar surface area (TPSA) is 64.2 Å². The van der Waals surface area contributed by atoms with E-state index >= 15 is 0 Å². The van der Waals surface area contributed by atoms with Crippen molar-refractivity contribution in [2.24, 2.45) is 5.73 Å². The van der Waals surface area contributed by atoms with Gasteiger partial charge >= 0.3 is 0 Å². The van der Waals surface area contributed by atoms with Crippen molar-refractivity contribution in [3.05, 3.63) is 18.2 Å². The summed E-state index contributed by atoms with van der Waals surface area (Å²) in [5, 5.41) is 0. The minimum atomic E-state index is -0.0638. The first-order valence-electron chi connectivity index (χ1n) is 7.02. The molecule has 0 saturated carbocycles. The molecule has 1 fully saturated rings. The Morgan fingerprint density at radius 2 is 2.00 bits per heavy atom. The van der Waals surface area contributed by atoms with E-state index in [0.717, 1.165) is 12.1 Å². The van der Waals surface area contributed by atoms with Gasteiger partial charge in [-0.1, -0.05) is 0 Å². The van der Waals surface area contributed by atoms with Crippen LogP contribution in [0.15, 0.2) is 12.5 Å². The van der Waals surface area contributed by atoms with Crippen LogP contribution < -0.4 is 5.73 Å². The summed E-state index contributed by atoms with van der Waals surface area (Å²) in [7, 11) is 0. The Labute approximate surface area is 114 Å². The lowest BCUT2D eigenvalue weighted by molar-refractivity contribution is -0.139. The molecule has 106 valence electrons. The van der Waals surface area contributed by atoms with Crippen molar-refractivity contribution in [3.8, 4) is 0 Å². The highest BCUT2D eigenvalue weighted by atomic mass is 16.2. The number of carbonyl (C=O) groups excluding carboxylic acids is 1. The standard InChI is InChI=1S/C14H24N4O/c1-9(2)17-8-16-7-12(17)14-11(15)5-6-13(19)18(14)10(3)4/h7-11,14H,5-6,15H2,1-4H3. The lowest BCUT2D eigenvalue weighted by atomic mass is 9.92. The predicted molar refractivity (Wildman–Crippen MR) is 74.5 cm³/mol. The van der Waals surface area contributed by atoms with E-state index in [-0.39, 0.29) is 24.0 Å². The molecule has 1 aliphatic heterocycles. The second kappa shape index (κ2) is 5.33. The van der Waals surface area contributed by atoms with E-state index < -0.39 is 0 Å². The molecule has 2 rings (SSSR count). The van der Waals surface area contributed by atoms with Crippen LogP contribution in [0.2, 0.25) is 0 Å². The number of amides is 1. The lowest BCUT2D eigenvalue weighted by Crippen LogP contribution is -2.52. The molecule has 1 saturated heterocycles. The number of rotatable bonds is 3. The molecule has 0 aliphatic carbocycles. The molecule has 0 radical (unpaired) electrons. The highest BCUT2D eigenvalue weighted by Crippen LogP contribution is 2.33. The summed E-state index contributed by atoms with van der Waals surface area (Å²) in [5.74, 6) is 0.193. The van der Waals surface area contributed by atoms with Gasteiger partial charge in [-0.3, -0.25) is 4.79 Å². The molecule has 2 N–H and O–H groups in total. The maximum absolute atomic E-state index is 12.2. The van der Waals surface area contributed by atoms with Crippen LogP contribution in [0.5, 0.6) is 0 Å². The summed E-state index contributed by atoms with van der Waals surface area (Å²) in [6, 6.07) is 0.385. The van der Waals surface area contributed by atoms with Gasteiger partial charge in [0.15, 0.2) is 0 Å². The Kier molecular flexibility index (Phi) is 3.94. The van der Waals surface area contributed by atoms with Gasteiger partial charge in [0, 0.05) is 24.5 Å². The van der Waals surface area contributed by atoms with E-state index in [2.05, 4.69) is 23.4 Å². The van der Waals surface area contributed by atoms with Gasteiger partial charge in [-0.15, -0.1) is 0 Å². The van der Waals surface area contributed by atoms with Gasteiger partial charge in [0.25, 0.3) is 0 Å². The molecule has 2 heterocycles. The van der Waals surface area contributed by atoms with Crippen molar-refractivity contribution in [1.29, 1.82) is 0 Å². The van der Waals surface area contributed by atoms with Crippen LogP contribution in [0.3, 0.4) is 0 Å². The quantitative estimate of drug-likeness (QED) is 0.906. The lowest BCUT2D eigenvalue weighted by Gasteiger charge is -2.42. The number of carbonyl (C=O) groups is 1. The summed E-state index contributed by atoms with van der Waals surface area (Å²) in [6.07, 6.45) is 4.96. The fourth-order valence-electron chi connectivity index (χ4n) is 2.88. The Bertz CT molecular complexity index is 452. The van der Waals surface area contributed by atoms with Crippen LogP contribution in [0, 0.1) is 0 Å². The van der Waals surface area contributed by atoms with Gasteiger partial charge in [0.05, 0.1) is 24.3 Å². The molecule has 0 bridgehead atoms. The molecule has 2 unspecified atom stereocenters. The van der Waals surface area contributed by atoms with Gasteiger partial charge in [-0.05, 0) is 34.1 Å². The van der Waals surface area contributed by atoms with E-state index in [1.807, 2.05) is 31.3 Å². The highest BCUT2D eigenvalue weighted by molar-refractivity contribution is 5.78. The normalized spacial score (nSPS) is 24.6. The Morgan fingerprint density at radius 3 is 2.58 bits per heavy atom. The zero-order valence-electron chi connectivity index (χ0n) is 12.2. The zero-order valence-corrected chi connectivity index (χ0v) is 12.2. The average molecular weight is 264 g/mol. The fourth-order valence-corrected chi connectivity index (χ4v) is 2.88. The predicted octanol–water partition coefficient (Wildman–Crippen LogP) is 1.86. The molecule has 5 heteroatoms. The average Bonchev–Trinajstić information content (AvgIpc) is 2.80. The third kappa shape index (κ3) is 2.52. The van der Waals surface area contributed by atoms with Crippen LogP contribution in [-0.4, -0.2) is 32.4 Å².